The molecule has 0 unspecified atom stereocenters. The minimum atomic E-state index is 0.126. The standard InChI is InChI=1S/C34H49N5O/c1-10-11-12-32(26(4)5)37-15-13-36(14-16-37)24-30-22-31(29(9)21-28(30)8)34(40)39-19-17-38(18-20-39)33(27(6)7)35-23-25(2)3/h10-12,21-23H,4,6,13-20,24H2,1-3,5,7-9H3/b11-10-,32-12+,35-33?. The van der Waals surface area contributed by atoms with E-state index in [1.807, 2.05) is 38.8 Å². The highest BCUT2D eigenvalue weighted by atomic mass is 16.2. The molecule has 0 aliphatic carbocycles. The first-order valence-electron chi connectivity index (χ1n) is 14.5. The predicted octanol–water partition coefficient (Wildman–Crippen LogP) is 6.11. The molecule has 2 heterocycles. The summed E-state index contributed by atoms with van der Waals surface area (Å²) in [6.07, 6.45) is 8.19. The van der Waals surface area contributed by atoms with Crippen molar-refractivity contribution in [3.05, 3.63) is 94.4 Å². The Balaban J connectivity index is 1.66. The van der Waals surface area contributed by atoms with Gasteiger partial charge in [0.25, 0.3) is 5.91 Å². The number of benzene rings is 1. The zero-order valence-electron chi connectivity index (χ0n) is 25.9. The van der Waals surface area contributed by atoms with Gasteiger partial charge in [-0.25, -0.2) is 4.99 Å². The zero-order valence-corrected chi connectivity index (χ0v) is 25.9. The molecule has 0 spiro atoms. The second-order valence-electron chi connectivity index (χ2n) is 11.4. The largest absolute Gasteiger partial charge is 0.369 e. The molecule has 6 nitrogen and oxygen atoms in total. The maximum atomic E-state index is 13.7. The minimum absolute atomic E-state index is 0.126. The highest BCUT2D eigenvalue weighted by Gasteiger charge is 2.26. The number of aryl methyl sites for hydroxylation is 2. The number of amides is 1. The van der Waals surface area contributed by atoms with E-state index in [0.717, 1.165) is 79.5 Å². The third-order valence-corrected chi connectivity index (χ3v) is 7.60. The molecule has 0 bridgehead atoms. The van der Waals surface area contributed by atoms with Gasteiger partial charge in [-0.1, -0.05) is 36.9 Å². The van der Waals surface area contributed by atoms with Crippen LogP contribution in [-0.4, -0.2) is 83.7 Å². The van der Waals surface area contributed by atoms with Crippen molar-refractivity contribution in [2.24, 2.45) is 4.99 Å². The van der Waals surface area contributed by atoms with Crippen LogP contribution < -0.4 is 0 Å². The molecule has 2 fully saturated rings. The summed E-state index contributed by atoms with van der Waals surface area (Å²) in [7, 11) is 0. The van der Waals surface area contributed by atoms with Gasteiger partial charge < -0.3 is 14.7 Å². The van der Waals surface area contributed by atoms with Gasteiger partial charge in [-0.2, -0.15) is 0 Å². The van der Waals surface area contributed by atoms with Crippen LogP contribution in [0.5, 0.6) is 0 Å². The lowest BCUT2D eigenvalue weighted by Crippen LogP contribution is -2.51. The van der Waals surface area contributed by atoms with Gasteiger partial charge in [-0.3, -0.25) is 9.69 Å². The van der Waals surface area contributed by atoms with Crippen LogP contribution in [0.4, 0.5) is 0 Å². The molecule has 0 aromatic heterocycles. The molecule has 0 saturated carbocycles. The van der Waals surface area contributed by atoms with Gasteiger partial charge in [0.05, 0.1) is 0 Å². The number of allylic oxidation sites excluding steroid dienone is 5. The Hall–Kier alpha value is -3.38. The lowest BCUT2D eigenvalue weighted by Gasteiger charge is -2.38. The van der Waals surface area contributed by atoms with Gasteiger partial charge in [-0.05, 0) is 88.4 Å². The fourth-order valence-corrected chi connectivity index (χ4v) is 5.33. The lowest BCUT2D eigenvalue weighted by molar-refractivity contribution is 0.0691. The molecule has 1 aromatic rings. The molecule has 40 heavy (non-hydrogen) atoms. The fraction of sp³-hybridized carbons (Fsp3) is 0.471. The Morgan fingerprint density at radius 1 is 0.850 bits per heavy atom. The molecule has 6 heteroatoms. The van der Waals surface area contributed by atoms with Crippen molar-refractivity contribution < 1.29 is 4.79 Å². The summed E-state index contributed by atoms with van der Waals surface area (Å²) in [6.45, 7) is 30.3. The lowest BCUT2D eigenvalue weighted by atomic mass is 9.98. The number of hydrogen-bond acceptors (Lipinski definition) is 4. The van der Waals surface area contributed by atoms with E-state index in [4.69, 9.17) is 0 Å². The quantitative estimate of drug-likeness (QED) is 0.225. The first-order valence-corrected chi connectivity index (χ1v) is 14.5. The molecule has 0 atom stereocenters. The fourth-order valence-electron chi connectivity index (χ4n) is 5.33. The van der Waals surface area contributed by atoms with E-state index < -0.39 is 0 Å². The van der Waals surface area contributed by atoms with Crippen LogP contribution in [0.25, 0.3) is 0 Å². The van der Waals surface area contributed by atoms with Crippen molar-refractivity contribution in [1.29, 1.82) is 0 Å². The first kappa shape index (κ1) is 31.2. The van der Waals surface area contributed by atoms with E-state index in [-0.39, 0.29) is 5.91 Å². The smallest absolute Gasteiger partial charge is 0.254 e. The van der Waals surface area contributed by atoms with Crippen LogP contribution >= 0.6 is 0 Å². The van der Waals surface area contributed by atoms with E-state index >= 15 is 0 Å². The maximum Gasteiger partial charge on any atom is 0.254 e. The van der Waals surface area contributed by atoms with Crippen LogP contribution in [0.1, 0.15) is 61.7 Å². The summed E-state index contributed by atoms with van der Waals surface area (Å²) in [5, 5.41) is 0. The number of piperazine rings is 2. The molecule has 216 valence electrons. The molecule has 0 N–H and O–H groups in total. The summed E-state index contributed by atoms with van der Waals surface area (Å²) in [5.74, 6) is 1.04. The van der Waals surface area contributed by atoms with Gasteiger partial charge in [0.15, 0.2) is 0 Å². The van der Waals surface area contributed by atoms with E-state index in [1.54, 1.807) is 0 Å². The SMILES string of the molecule is C=C(C)C(=NC=C(C)C)N1CCN(C(=O)c2cc(CN3CCN(/C(=C/C=C\C)C(=C)C)CC3)c(C)cc2C)CC1. The van der Waals surface area contributed by atoms with Crippen LogP contribution in [0.15, 0.2) is 77.1 Å². The Labute approximate surface area is 242 Å². The summed E-state index contributed by atoms with van der Waals surface area (Å²) in [5.41, 5.74) is 8.77. The second kappa shape index (κ2) is 14.3. The molecular weight excluding hydrogens is 494 g/mol. The molecule has 0 radical (unpaired) electrons. The Kier molecular flexibility index (Phi) is 11.1. The summed E-state index contributed by atoms with van der Waals surface area (Å²) in [4.78, 5) is 27.5. The number of nitrogens with zero attached hydrogens (tertiary/aromatic N) is 5. The highest BCUT2D eigenvalue weighted by molar-refractivity contribution is 5.98. The minimum Gasteiger partial charge on any atom is -0.369 e. The number of amidine groups is 1. The third kappa shape index (κ3) is 8.07. The van der Waals surface area contributed by atoms with Gasteiger partial charge in [0.2, 0.25) is 0 Å². The van der Waals surface area contributed by atoms with E-state index in [0.29, 0.717) is 13.1 Å². The van der Waals surface area contributed by atoms with Crippen LogP contribution in [0.3, 0.4) is 0 Å². The van der Waals surface area contributed by atoms with Gasteiger partial charge in [0, 0.05) is 76.4 Å². The first-order chi connectivity index (χ1) is 19.0. The predicted molar refractivity (Wildman–Crippen MR) is 170 cm³/mol. The molecule has 1 amide bonds. The van der Waals surface area contributed by atoms with Crippen molar-refractivity contribution in [2.75, 3.05) is 52.4 Å². The molecule has 2 saturated heterocycles. The average Bonchev–Trinajstić information content (AvgIpc) is 2.91. The number of rotatable bonds is 8. The van der Waals surface area contributed by atoms with Crippen molar-refractivity contribution >= 4 is 11.7 Å². The summed E-state index contributed by atoms with van der Waals surface area (Å²) in [6, 6.07) is 4.33. The monoisotopic (exact) mass is 543 g/mol. The number of carbonyl (C=O) groups is 1. The van der Waals surface area contributed by atoms with Gasteiger partial charge >= 0.3 is 0 Å². The highest BCUT2D eigenvalue weighted by Crippen LogP contribution is 2.23. The van der Waals surface area contributed by atoms with E-state index in [1.165, 1.54) is 16.8 Å². The third-order valence-electron chi connectivity index (χ3n) is 7.60. The van der Waals surface area contributed by atoms with E-state index in [2.05, 4.69) is 84.0 Å². The average molecular weight is 544 g/mol. The molecule has 3 rings (SSSR count). The van der Waals surface area contributed by atoms with Crippen molar-refractivity contribution in [2.45, 2.75) is 55.0 Å². The molecule has 2 aliphatic heterocycles. The Bertz CT molecular complexity index is 1210. The maximum absolute atomic E-state index is 13.7. The van der Waals surface area contributed by atoms with Crippen molar-refractivity contribution in [3.63, 3.8) is 0 Å². The molecule has 2 aliphatic rings. The van der Waals surface area contributed by atoms with Crippen LogP contribution in [0.2, 0.25) is 0 Å². The number of carbonyl (C=O) groups excluding carboxylic acids is 1. The zero-order chi connectivity index (χ0) is 29.4. The van der Waals surface area contributed by atoms with Crippen molar-refractivity contribution in [3.8, 4) is 0 Å². The van der Waals surface area contributed by atoms with Crippen LogP contribution in [0, 0.1) is 13.8 Å². The normalized spacial score (nSPS) is 17.4. The van der Waals surface area contributed by atoms with Gasteiger partial charge in [-0.15, -0.1) is 0 Å². The second-order valence-corrected chi connectivity index (χ2v) is 11.4. The number of aliphatic imine (C=N–C) groups is 1. The molecule has 1 aromatic carbocycles. The van der Waals surface area contributed by atoms with Crippen LogP contribution in [-0.2, 0) is 6.54 Å². The van der Waals surface area contributed by atoms with E-state index in [9.17, 15) is 4.79 Å². The topological polar surface area (TPSA) is 42.4 Å². The summed E-state index contributed by atoms with van der Waals surface area (Å²) >= 11 is 0. The Morgan fingerprint density at radius 2 is 1.45 bits per heavy atom. The van der Waals surface area contributed by atoms with Crippen molar-refractivity contribution in [1.82, 2.24) is 19.6 Å². The number of hydrogen-bond donors (Lipinski definition) is 0. The van der Waals surface area contributed by atoms with Gasteiger partial charge in [0.1, 0.15) is 5.84 Å². The Morgan fingerprint density at radius 3 is 2.00 bits per heavy atom. The summed E-state index contributed by atoms with van der Waals surface area (Å²) < 4.78 is 0. The molecular formula is C34H49N5O.